The molecule has 0 saturated carbocycles. The van der Waals surface area contributed by atoms with Crippen LogP contribution in [0.4, 0.5) is 26.9 Å². The number of anilines is 3. The van der Waals surface area contributed by atoms with Crippen molar-refractivity contribution < 1.29 is 33.4 Å². The van der Waals surface area contributed by atoms with Crippen LogP contribution in [-0.2, 0) is 29.3 Å². The number of hydrogen-bond acceptors (Lipinski definition) is 11. The van der Waals surface area contributed by atoms with Gasteiger partial charge in [0.2, 0.25) is 17.7 Å². The lowest BCUT2D eigenvalue weighted by Crippen LogP contribution is -2.54. The molecule has 6 rings (SSSR count). The van der Waals surface area contributed by atoms with E-state index in [0.717, 1.165) is 48.3 Å². The van der Waals surface area contributed by atoms with Crippen LogP contribution in [0.5, 0.6) is 0 Å². The highest BCUT2D eigenvalue weighted by Crippen LogP contribution is 2.47. The van der Waals surface area contributed by atoms with E-state index in [1.54, 1.807) is 4.90 Å². The molecule has 5 heterocycles. The van der Waals surface area contributed by atoms with Crippen molar-refractivity contribution in [3.05, 3.63) is 77.6 Å². The minimum Gasteiger partial charge on any atom is -0.453 e. The summed E-state index contributed by atoms with van der Waals surface area (Å²) in [6, 6.07) is 14.5. The number of carbonyl (C=O) groups excluding carboxylic acids is 5. The van der Waals surface area contributed by atoms with E-state index in [1.807, 2.05) is 63.2 Å². The maximum absolute atomic E-state index is 13.6. The zero-order valence-corrected chi connectivity index (χ0v) is 38.9. The Morgan fingerprint density at radius 3 is 1.70 bits per heavy atom. The van der Waals surface area contributed by atoms with Gasteiger partial charge in [-0.1, -0.05) is 72.7 Å². The molecule has 2 aromatic heterocycles. The summed E-state index contributed by atoms with van der Waals surface area (Å²) in [7, 11) is 2.55. The summed E-state index contributed by atoms with van der Waals surface area (Å²) < 4.78 is 9.52. The number of hydrogen-bond donors (Lipinski definition) is 4. The molecule has 0 aliphatic carbocycles. The summed E-state index contributed by atoms with van der Waals surface area (Å²) in [6.07, 6.45) is 7.10. The van der Waals surface area contributed by atoms with Gasteiger partial charge in [-0.25, -0.2) is 19.6 Å². The quantitative estimate of drug-likeness (QED) is 0.131. The van der Waals surface area contributed by atoms with Crippen molar-refractivity contribution in [3.63, 3.8) is 0 Å². The Hall–Kier alpha value is -5.93. The molecule has 3 aromatic rings. The van der Waals surface area contributed by atoms with Crippen LogP contribution in [0.1, 0.15) is 116 Å². The van der Waals surface area contributed by atoms with Crippen LogP contribution in [-0.4, -0.2) is 108 Å². The Bertz CT molecular complexity index is 2090. The first-order chi connectivity index (χ1) is 30.5. The summed E-state index contributed by atoms with van der Waals surface area (Å²) >= 11 is 0. The maximum Gasteiger partial charge on any atom is 0.407 e. The molecule has 1 aromatic carbocycles. The Labute approximate surface area is 377 Å². The number of nitrogens with zero attached hydrogens (tertiary/aromatic N) is 5. The molecule has 16 nitrogen and oxygen atoms in total. The minimum absolute atomic E-state index is 0.00290. The molecule has 6 unspecified atom stereocenters. The fraction of sp³-hybridized carbons (Fsp3) is 0.562. The number of rotatable bonds is 14. The van der Waals surface area contributed by atoms with Gasteiger partial charge in [-0.05, 0) is 96.7 Å². The number of pyridine rings is 2. The second-order valence-electron chi connectivity index (χ2n) is 18.9. The number of aromatic nitrogens is 2. The van der Waals surface area contributed by atoms with E-state index in [0.29, 0.717) is 38.3 Å². The molecule has 3 fully saturated rings. The van der Waals surface area contributed by atoms with Crippen molar-refractivity contribution in [1.29, 1.82) is 0 Å². The van der Waals surface area contributed by atoms with Crippen LogP contribution >= 0.6 is 0 Å². The number of nitrogens with one attached hydrogen (secondary N) is 4. The zero-order valence-electron chi connectivity index (χ0n) is 38.9. The van der Waals surface area contributed by atoms with Gasteiger partial charge in [0.1, 0.15) is 29.8 Å². The SMILES string of the molecule is COC(=O)NC(C(=O)N1CCCC1CNc1ccc(C2CCC(c3ccc(NC(=O)C4CCCN4C(=O)C(NC(=O)OC)C(C)C)nc3)N2c2ccc(C(C)(C)C)cc2)cn1)C(C)C. The molecule has 0 spiro atoms. The average molecular weight is 882 g/mol. The monoisotopic (exact) mass is 882 g/mol. The number of methoxy groups -OCH3 is 2. The van der Waals surface area contributed by atoms with Crippen LogP contribution in [0.3, 0.4) is 0 Å². The molecule has 64 heavy (non-hydrogen) atoms. The van der Waals surface area contributed by atoms with Crippen molar-refractivity contribution in [2.45, 2.75) is 129 Å². The molecule has 3 saturated heterocycles. The van der Waals surface area contributed by atoms with E-state index in [2.05, 4.69) is 77.3 Å². The van der Waals surface area contributed by atoms with Gasteiger partial charge in [-0.15, -0.1) is 0 Å². The second kappa shape index (κ2) is 20.7. The van der Waals surface area contributed by atoms with Crippen LogP contribution in [0.2, 0.25) is 0 Å². The fourth-order valence-corrected chi connectivity index (χ4v) is 9.17. The van der Waals surface area contributed by atoms with E-state index in [-0.39, 0.29) is 53.1 Å². The summed E-state index contributed by atoms with van der Waals surface area (Å²) in [5, 5.41) is 11.7. The number of likely N-dealkylation sites (tertiary alicyclic amines) is 2. The van der Waals surface area contributed by atoms with E-state index in [9.17, 15) is 24.0 Å². The van der Waals surface area contributed by atoms with E-state index in [1.165, 1.54) is 19.8 Å². The number of benzene rings is 1. The molecule has 16 heteroatoms. The third-order valence-electron chi connectivity index (χ3n) is 12.8. The predicted molar refractivity (Wildman–Crippen MR) is 246 cm³/mol. The maximum atomic E-state index is 13.6. The largest absolute Gasteiger partial charge is 0.453 e. The van der Waals surface area contributed by atoms with Crippen molar-refractivity contribution in [2.75, 3.05) is 49.4 Å². The third-order valence-corrected chi connectivity index (χ3v) is 12.8. The number of ether oxygens (including phenoxy) is 2. The number of amides is 5. The normalized spacial score (nSPS) is 20.8. The van der Waals surface area contributed by atoms with Gasteiger partial charge in [-0.2, -0.15) is 0 Å². The average Bonchev–Trinajstić information content (AvgIpc) is 4.07. The lowest BCUT2D eigenvalue weighted by atomic mass is 9.87. The summed E-state index contributed by atoms with van der Waals surface area (Å²) in [4.78, 5) is 80.2. The van der Waals surface area contributed by atoms with E-state index >= 15 is 0 Å². The summed E-state index contributed by atoms with van der Waals surface area (Å²) in [5.74, 6) is 0.0748. The topological polar surface area (TPSA) is 187 Å². The molecular weight excluding hydrogens is 815 g/mol. The highest BCUT2D eigenvalue weighted by molar-refractivity contribution is 5.98. The minimum atomic E-state index is -0.819. The van der Waals surface area contributed by atoms with Crippen LogP contribution in [0.15, 0.2) is 60.9 Å². The molecular formula is C48H67N9O7. The zero-order chi connectivity index (χ0) is 46.3. The molecule has 6 atom stereocenters. The Morgan fingerprint density at radius 1 is 0.688 bits per heavy atom. The number of carbonyl (C=O) groups is 5. The van der Waals surface area contributed by atoms with Crippen LogP contribution < -0.4 is 26.2 Å². The highest BCUT2D eigenvalue weighted by Gasteiger charge is 2.40. The second-order valence-corrected chi connectivity index (χ2v) is 18.9. The fourth-order valence-electron chi connectivity index (χ4n) is 9.17. The molecule has 0 radical (unpaired) electrons. The molecule has 0 bridgehead atoms. The highest BCUT2D eigenvalue weighted by atomic mass is 16.5. The smallest absolute Gasteiger partial charge is 0.407 e. The Kier molecular flexibility index (Phi) is 15.4. The van der Waals surface area contributed by atoms with Gasteiger partial charge >= 0.3 is 12.2 Å². The first kappa shape index (κ1) is 47.5. The summed E-state index contributed by atoms with van der Waals surface area (Å²) in [5.41, 5.74) is 4.41. The van der Waals surface area contributed by atoms with Crippen LogP contribution in [0, 0.1) is 11.8 Å². The van der Waals surface area contributed by atoms with Crippen molar-refractivity contribution in [1.82, 2.24) is 30.4 Å². The van der Waals surface area contributed by atoms with Gasteiger partial charge in [0.15, 0.2) is 0 Å². The molecule has 346 valence electrons. The molecule has 3 aliphatic heterocycles. The molecule has 3 aliphatic rings. The molecule has 5 amide bonds. The van der Waals surface area contributed by atoms with Crippen molar-refractivity contribution in [2.24, 2.45) is 11.8 Å². The van der Waals surface area contributed by atoms with Gasteiger partial charge in [0.25, 0.3) is 0 Å². The van der Waals surface area contributed by atoms with E-state index < -0.39 is 30.3 Å². The number of alkyl carbamates (subject to hydrolysis) is 2. The Morgan fingerprint density at radius 2 is 1.20 bits per heavy atom. The lowest BCUT2D eigenvalue weighted by Gasteiger charge is -2.34. The summed E-state index contributed by atoms with van der Waals surface area (Å²) in [6.45, 7) is 15.7. The predicted octanol–water partition coefficient (Wildman–Crippen LogP) is 6.95. The first-order valence-electron chi connectivity index (χ1n) is 22.7. The van der Waals surface area contributed by atoms with Gasteiger partial charge in [0.05, 0.1) is 26.3 Å². The Balaban J connectivity index is 1.15. The van der Waals surface area contributed by atoms with Gasteiger partial charge < -0.3 is 45.4 Å². The third kappa shape index (κ3) is 11.0. The first-order valence-corrected chi connectivity index (χ1v) is 22.7. The lowest BCUT2D eigenvalue weighted by molar-refractivity contribution is -0.139. The van der Waals surface area contributed by atoms with Crippen molar-refractivity contribution >= 4 is 47.2 Å². The van der Waals surface area contributed by atoms with Gasteiger partial charge in [-0.3, -0.25) is 14.4 Å². The van der Waals surface area contributed by atoms with E-state index in [4.69, 9.17) is 19.4 Å². The van der Waals surface area contributed by atoms with Crippen molar-refractivity contribution in [3.8, 4) is 0 Å². The van der Waals surface area contributed by atoms with Gasteiger partial charge in [0, 0.05) is 43.8 Å². The standard InChI is InChI=1S/C48H67N9O7/c1-29(2)41(53-46(61)63-8)44(59)55-24-10-12-35(55)28-51-39-22-14-31(26-49-39)36-20-21-37(57(36)34-18-16-33(17-19-34)48(5,6)7)32-15-23-40(50-27-32)52-43(58)38-13-11-25-56(38)45(60)42(30(3)4)54-47(62)64-9/h14-19,22-23,26-27,29-30,35-38,41-42H,10-13,20-21,24-25,28H2,1-9H3,(H,49,51)(H,53,61)(H,54,62)(H,50,52,58). The van der Waals surface area contributed by atoms with Crippen LogP contribution in [0.25, 0.3) is 0 Å². The molecule has 4 N–H and O–H groups in total.